The molecule has 0 spiro atoms. The van der Waals surface area contributed by atoms with Gasteiger partial charge >= 0.3 is 0 Å². The summed E-state index contributed by atoms with van der Waals surface area (Å²) >= 11 is 0. The Balaban J connectivity index is 1.95. The fraction of sp³-hybridized carbons (Fsp3) is 0.500. The topological polar surface area (TPSA) is 35.8 Å². The van der Waals surface area contributed by atoms with Crippen LogP contribution in [0.1, 0.15) is 31.2 Å². The van der Waals surface area contributed by atoms with Gasteiger partial charge in [-0.3, -0.25) is 0 Å². The normalized spacial score (nSPS) is 26.2. The molecule has 0 unspecified atom stereocenters. The van der Waals surface area contributed by atoms with Gasteiger partial charge in [0.1, 0.15) is 0 Å². The highest BCUT2D eigenvalue weighted by Gasteiger charge is 2.31. The third kappa shape index (κ3) is 1.79. The number of aryl methyl sites for hydroxylation is 1. The van der Waals surface area contributed by atoms with Gasteiger partial charge in [0.25, 0.3) is 0 Å². The van der Waals surface area contributed by atoms with Gasteiger partial charge in [-0.1, -0.05) is 23.4 Å². The van der Waals surface area contributed by atoms with Crippen LogP contribution < -0.4 is 4.90 Å². The molecular weight excluding hydrogens is 212 g/mol. The van der Waals surface area contributed by atoms with E-state index in [4.69, 9.17) is 5.21 Å². The van der Waals surface area contributed by atoms with Crippen molar-refractivity contribution < 1.29 is 5.21 Å². The zero-order valence-electron chi connectivity index (χ0n) is 9.97. The monoisotopic (exact) mass is 230 g/mol. The third-order valence-electron chi connectivity index (χ3n) is 3.95. The van der Waals surface area contributed by atoms with E-state index < -0.39 is 0 Å². The van der Waals surface area contributed by atoms with E-state index in [1.165, 1.54) is 24.1 Å². The number of benzene rings is 1. The molecule has 1 aliphatic carbocycles. The number of para-hydroxylation sites is 1. The van der Waals surface area contributed by atoms with E-state index in [-0.39, 0.29) is 0 Å². The molecule has 1 atom stereocenters. The van der Waals surface area contributed by atoms with Gasteiger partial charge in [-0.15, -0.1) is 0 Å². The molecule has 3 heteroatoms. The molecule has 3 rings (SSSR count). The molecule has 0 amide bonds. The van der Waals surface area contributed by atoms with Gasteiger partial charge in [0.05, 0.1) is 11.8 Å². The van der Waals surface area contributed by atoms with Crippen LogP contribution in [0.2, 0.25) is 0 Å². The van der Waals surface area contributed by atoms with Crippen molar-refractivity contribution in [2.45, 2.75) is 38.1 Å². The number of anilines is 1. The van der Waals surface area contributed by atoms with Crippen LogP contribution in [-0.4, -0.2) is 23.5 Å². The zero-order valence-corrected chi connectivity index (χ0v) is 9.97. The summed E-state index contributed by atoms with van der Waals surface area (Å²) in [4.78, 5) is 2.43. The standard InChI is InChI=1S/C14H18N2O/c17-15-12-7-3-9-14(12)16-10-4-6-11-5-1-2-8-13(11)16/h1-2,5,8,14,17H,3-4,6-7,9-10H2/b15-12+/t14-/m0/s1. The van der Waals surface area contributed by atoms with Crippen molar-refractivity contribution in [1.29, 1.82) is 0 Å². The van der Waals surface area contributed by atoms with Crippen LogP contribution in [0, 0.1) is 0 Å². The summed E-state index contributed by atoms with van der Waals surface area (Å²) in [5, 5.41) is 12.6. The lowest BCUT2D eigenvalue weighted by molar-refractivity contribution is 0.316. The van der Waals surface area contributed by atoms with E-state index in [2.05, 4.69) is 34.3 Å². The predicted molar refractivity (Wildman–Crippen MR) is 69.0 cm³/mol. The Morgan fingerprint density at radius 2 is 2.06 bits per heavy atom. The molecule has 90 valence electrons. The summed E-state index contributed by atoms with van der Waals surface area (Å²) in [6.07, 6.45) is 5.58. The third-order valence-corrected chi connectivity index (χ3v) is 3.95. The summed E-state index contributed by atoms with van der Waals surface area (Å²) in [7, 11) is 0. The second kappa shape index (κ2) is 4.40. The lowest BCUT2D eigenvalue weighted by Gasteiger charge is -2.36. The van der Waals surface area contributed by atoms with E-state index in [1.54, 1.807) is 0 Å². The maximum absolute atomic E-state index is 9.08. The molecule has 1 aliphatic heterocycles. The summed E-state index contributed by atoms with van der Waals surface area (Å²) in [5.74, 6) is 0. The largest absolute Gasteiger partial charge is 0.411 e. The molecular formula is C14H18N2O. The Labute approximate surface area is 102 Å². The minimum absolute atomic E-state index is 0.321. The first-order chi connectivity index (χ1) is 8.40. The van der Waals surface area contributed by atoms with Crippen molar-refractivity contribution >= 4 is 11.4 Å². The molecule has 0 bridgehead atoms. The number of hydrogen-bond acceptors (Lipinski definition) is 3. The Hall–Kier alpha value is -1.51. The van der Waals surface area contributed by atoms with E-state index in [0.29, 0.717) is 6.04 Å². The average molecular weight is 230 g/mol. The second-order valence-electron chi connectivity index (χ2n) is 4.93. The Morgan fingerprint density at radius 3 is 2.94 bits per heavy atom. The molecule has 1 aromatic rings. The van der Waals surface area contributed by atoms with E-state index in [9.17, 15) is 0 Å². The molecule has 1 heterocycles. The van der Waals surface area contributed by atoms with Crippen molar-refractivity contribution in [2.24, 2.45) is 5.16 Å². The molecule has 1 saturated carbocycles. The summed E-state index contributed by atoms with van der Waals surface area (Å²) < 4.78 is 0. The number of oxime groups is 1. The maximum atomic E-state index is 9.08. The summed E-state index contributed by atoms with van der Waals surface area (Å²) in [5.41, 5.74) is 3.73. The molecule has 0 aromatic heterocycles. The summed E-state index contributed by atoms with van der Waals surface area (Å²) in [6, 6.07) is 8.94. The first kappa shape index (κ1) is 10.6. The highest BCUT2D eigenvalue weighted by molar-refractivity contribution is 5.93. The molecule has 0 saturated heterocycles. The van der Waals surface area contributed by atoms with Gasteiger partial charge in [0.2, 0.25) is 0 Å². The van der Waals surface area contributed by atoms with Crippen molar-refractivity contribution in [3.8, 4) is 0 Å². The number of nitrogens with zero attached hydrogens (tertiary/aromatic N) is 2. The van der Waals surface area contributed by atoms with Crippen molar-refractivity contribution in [2.75, 3.05) is 11.4 Å². The number of rotatable bonds is 1. The van der Waals surface area contributed by atoms with Crippen molar-refractivity contribution in [1.82, 2.24) is 0 Å². The van der Waals surface area contributed by atoms with Crippen molar-refractivity contribution in [3.05, 3.63) is 29.8 Å². The van der Waals surface area contributed by atoms with Crippen LogP contribution in [0.25, 0.3) is 0 Å². The zero-order chi connectivity index (χ0) is 11.7. The van der Waals surface area contributed by atoms with Gasteiger partial charge < -0.3 is 10.1 Å². The first-order valence-corrected chi connectivity index (χ1v) is 6.45. The van der Waals surface area contributed by atoms with Crippen molar-refractivity contribution in [3.63, 3.8) is 0 Å². The Bertz CT molecular complexity index is 442. The number of hydrogen-bond donors (Lipinski definition) is 1. The van der Waals surface area contributed by atoms with E-state index >= 15 is 0 Å². The lowest BCUT2D eigenvalue weighted by Crippen LogP contribution is -2.41. The van der Waals surface area contributed by atoms with E-state index in [0.717, 1.165) is 31.5 Å². The first-order valence-electron chi connectivity index (χ1n) is 6.45. The number of fused-ring (bicyclic) bond motifs is 1. The minimum Gasteiger partial charge on any atom is -0.411 e. The minimum atomic E-state index is 0.321. The fourth-order valence-corrected chi connectivity index (χ4v) is 3.15. The Kier molecular flexibility index (Phi) is 2.75. The lowest BCUT2D eigenvalue weighted by atomic mass is 9.99. The van der Waals surface area contributed by atoms with E-state index in [1.807, 2.05) is 0 Å². The van der Waals surface area contributed by atoms with Gasteiger partial charge in [-0.05, 0) is 43.7 Å². The van der Waals surface area contributed by atoms with Crippen LogP contribution in [0.15, 0.2) is 29.4 Å². The van der Waals surface area contributed by atoms with Crippen LogP contribution >= 0.6 is 0 Å². The van der Waals surface area contributed by atoms with Crippen LogP contribution in [0.3, 0.4) is 0 Å². The highest BCUT2D eigenvalue weighted by Crippen LogP contribution is 2.32. The molecule has 3 nitrogen and oxygen atoms in total. The van der Waals surface area contributed by atoms with Crippen LogP contribution in [0.4, 0.5) is 5.69 Å². The smallest absolute Gasteiger partial charge is 0.0794 e. The van der Waals surface area contributed by atoms with Crippen LogP contribution in [0.5, 0.6) is 0 Å². The molecule has 2 aliphatic rings. The molecule has 17 heavy (non-hydrogen) atoms. The van der Waals surface area contributed by atoms with Crippen LogP contribution in [-0.2, 0) is 6.42 Å². The van der Waals surface area contributed by atoms with Gasteiger partial charge in [0, 0.05) is 12.2 Å². The van der Waals surface area contributed by atoms with Gasteiger partial charge in [-0.2, -0.15) is 0 Å². The second-order valence-corrected chi connectivity index (χ2v) is 4.93. The molecule has 1 aromatic carbocycles. The van der Waals surface area contributed by atoms with Gasteiger partial charge in [0.15, 0.2) is 0 Å². The average Bonchev–Trinajstić information content (AvgIpc) is 2.86. The highest BCUT2D eigenvalue weighted by atomic mass is 16.4. The quantitative estimate of drug-likeness (QED) is 0.595. The fourth-order valence-electron chi connectivity index (χ4n) is 3.15. The maximum Gasteiger partial charge on any atom is 0.0794 e. The summed E-state index contributed by atoms with van der Waals surface area (Å²) in [6.45, 7) is 1.08. The molecule has 1 fully saturated rings. The molecule has 0 radical (unpaired) electrons. The SMILES string of the molecule is O/N=C1\CCC[C@@H]1N1CCCc2ccccc21. The van der Waals surface area contributed by atoms with Gasteiger partial charge in [-0.25, -0.2) is 0 Å². The predicted octanol–water partition coefficient (Wildman–Crippen LogP) is 2.82. The Morgan fingerprint density at radius 1 is 1.18 bits per heavy atom. The molecule has 1 N–H and O–H groups in total.